The van der Waals surface area contributed by atoms with E-state index in [-0.39, 0.29) is 6.10 Å². The fraction of sp³-hybridized carbons (Fsp3) is 0.375. The van der Waals surface area contributed by atoms with Gasteiger partial charge in [0.05, 0.1) is 17.3 Å². The second-order valence-electron chi connectivity index (χ2n) is 7.61. The molecule has 1 aliphatic carbocycles. The van der Waals surface area contributed by atoms with E-state index in [1.807, 2.05) is 48.5 Å². The Bertz CT molecular complexity index is 869. The Hall–Kier alpha value is -2.39. The van der Waals surface area contributed by atoms with Crippen LogP contribution < -0.4 is 4.74 Å². The third kappa shape index (κ3) is 4.67. The average Bonchev–Trinajstić information content (AvgIpc) is 2.73. The number of hydrogen-bond donors (Lipinski definition) is 1. The maximum Gasteiger partial charge on any atom is 0.130 e. The van der Waals surface area contributed by atoms with E-state index in [9.17, 15) is 5.11 Å². The summed E-state index contributed by atoms with van der Waals surface area (Å²) in [4.78, 5) is 4.64. The van der Waals surface area contributed by atoms with Gasteiger partial charge in [-0.25, -0.2) is 4.98 Å². The van der Waals surface area contributed by atoms with Crippen molar-refractivity contribution in [1.29, 1.82) is 0 Å². The van der Waals surface area contributed by atoms with Crippen LogP contribution in [0.4, 0.5) is 0 Å². The van der Waals surface area contributed by atoms with E-state index in [0.29, 0.717) is 12.5 Å². The van der Waals surface area contributed by atoms with Crippen LogP contribution in [0.1, 0.15) is 55.9 Å². The molecule has 0 aliphatic heterocycles. The number of hydrogen-bond acceptors (Lipinski definition) is 3. The quantitative estimate of drug-likeness (QED) is 0.602. The van der Waals surface area contributed by atoms with Gasteiger partial charge in [0.15, 0.2) is 0 Å². The molecule has 1 aromatic heterocycles. The molecule has 0 amide bonds. The van der Waals surface area contributed by atoms with Crippen molar-refractivity contribution in [3.63, 3.8) is 0 Å². The number of aliphatic hydroxyl groups excluding tert-OH is 1. The van der Waals surface area contributed by atoms with Gasteiger partial charge in [-0.3, -0.25) is 0 Å². The molecule has 140 valence electrons. The second kappa shape index (κ2) is 8.53. The van der Waals surface area contributed by atoms with Crippen LogP contribution in [0.25, 0.3) is 10.9 Å². The summed E-state index contributed by atoms with van der Waals surface area (Å²) in [6.07, 6.45) is 7.00. The van der Waals surface area contributed by atoms with Gasteiger partial charge in [-0.15, -0.1) is 0 Å². The van der Waals surface area contributed by atoms with Crippen LogP contribution in [0.15, 0.2) is 60.7 Å². The predicted molar refractivity (Wildman–Crippen MR) is 109 cm³/mol. The Balaban J connectivity index is 1.34. The molecule has 0 saturated heterocycles. The Morgan fingerprint density at radius 1 is 0.926 bits per heavy atom. The zero-order valence-electron chi connectivity index (χ0n) is 15.7. The average molecular weight is 361 g/mol. The number of aliphatic hydroxyl groups is 1. The number of benzene rings is 2. The number of ether oxygens (including phenoxy) is 1. The molecule has 1 aliphatic rings. The van der Waals surface area contributed by atoms with Crippen molar-refractivity contribution < 1.29 is 9.84 Å². The summed E-state index contributed by atoms with van der Waals surface area (Å²) in [6.45, 7) is 0.439. The van der Waals surface area contributed by atoms with Gasteiger partial charge in [0.25, 0.3) is 0 Å². The van der Waals surface area contributed by atoms with Crippen molar-refractivity contribution in [1.82, 2.24) is 4.98 Å². The summed E-state index contributed by atoms with van der Waals surface area (Å²) < 4.78 is 5.88. The molecule has 1 N–H and O–H groups in total. The Labute approximate surface area is 161 Å². The fourth-order valence-corrected chi connectivity index (χ4v) is 4.01. The highest BCUT2D eigenvalue weighted by Crippen LogP contribution is 2.32. The van der Waals surface area contributed by atoms with E-state index in [4.69, 9.17) is 4.74 Å². The number of nitrogens with zero attached hydrogens (tertiary/aromatic N) is 1. The van der Waals surface area contributed by atoms with Crippen LogP contribution in [-0.4, -0.2) is 10.1 Å². The van der Waals surface area contributed by atoms with Crippen molar-refractivity contribution in [3.05, 3.63) is 71.9 Å². The van der Waals surface area contributed by atoms with Gasteiger partial charge in [0.2, 0.25) is 0 Å². The Kier molecular flexibility index (Phi) is 5.69. The van der Waals surface area contributed by atoms with Crippen LogP contribution >= 0.6 is 0 Å². The zero-order chi connectivity index (χ0) is 18.5. The first-order chi connectivity index (χ1) is 13.3. The summed E-state index contributed by atoms with van der Waals surface area (Å²) in [5.74, 6) is 1.47. The molecule has 0 radical (unpaired) electrons. The van der Waals surface area contributed by atoms with Crippen molar-refractivity contribution in [2.45, 2.75) is 51.2 Å². The monoisotopic (exact) mass is 361 g/mol. The highest BCUT2D eigenvalue weighted by Gasteiger charge is 2.18. The lowest BCUT2D eigenvalue weighted by Gasteiger charge is -2.24. The Morgan fingerprint density at radius 2 is 1.70 bits per heavy atom. The first-order valence-electron chi connectivity index (χ1n) is 10.0. The van der Waals surface area contributed by atoms with E-state index in [0.717, 1.165) is 34.3 Å². The Morgan fingerprint density at radius 3 is 2.52 bits per heavy atom. The van der Waals surface area contributed by atoms with Crippen molar-refractivity contribution in [2.75, 3.05) is 0 Å². The van der Waals surface area contributed by atoms with Crippen LogP contribution in [0.5, 0.6) is 5.75 Å². The van der Waals surface area contributed by atoms with Crippen LogP contribution in [0, 0.1) is 5.92 Å². The number of fused-ring (bicyclic) bond motifs is 1. The molecule has 4 rings (SSSR count). The summed E-state index contributed by atoms with van der Waals surface area (Å²) in [5.41, 5.74) is 2.88. The summed E-state index contributed by atoms with van der Waals surface area (Å²) in [7, 11) is 0. The summed E-state index contributed by atoms with van der Waals surface area (Å²) >= 11 is 0. The first kappa shape index (κ1) is 18.0. The molecule has 3 aromatic rings. The minimum atomic E-state index is -0.371. The molecule has 1 heterocycles. The van der Waals surface area contributed by atoms with E-state index in [1.54, 1.807) is 0 Å². The van der Waals surface area contributed by atoms with Gasteiger partial charge >= 0.3 is 0 Å². The van der Waals surface area contributed by atoms with Crippen molar-refractivity contribution in [2.24, 2.45) is 5.92 Å². The van der Waals surface area contributed by atoms with E-state index >= 15 is 0 Å². The largest absolute Gasteiger partial charge is 0.487 e. The van der Waals surface area contributed by atoms with Crippen molar-refractivity contribution in [3.8, 4) is 5.75 Å². The lowest BCUT2D eigenvalue weighted by Crippen LogP contribution is -2.11. The standard InChI is InChI=1S/C24H27NO2/c26-24(16-18-6-2-1-3-7-18)20-11-14-22(15-12-20)27-17-21-13-10-19-8-4-5-9-23(19)25-21/h4-5,8-15,18,24,26H,1-3,6-7,16-17H2. The van der Waals surface area contributed by atoms with Crippen LogP contribution in [0.2, 0.25) is 0 Å². The molecule has 27 heavy (non-hydrogen) atoms. The third-order valence-electron chi connectivity index (χ3n) is 5.59. The maximum atomic E-state index is 10.5. The molecule has 1 fully saturated rings. The molecular weight excluding hydrogens is 334 g/mol. The van der Waals surface area contributed by atoms with Gasteiger partial charge < -0.3 is 9.84 Å². The number of para-hydroxylation sites is 1. The molecule has 1 unspecified atom stereocenters. The van der Waals surface area contributed by atoms with Crippen molar-refractivity contribution >= 4 is 10.9 Å². The molecule has 1 atom stereocenters. The summed E-state index contributed by atoms with van der Waals surface area (Å²) in [6, 6.07) is 20.0. The van der Waals surface area contributed by atoms with Gasteiger partial charge in [0.1, 0.15) is 12.4 Å². The number of rotatable bonds is 6. The van der Waals surface area contributed by atoms with Gasteiger partial charge in [-0.1, -0.05) is 68.5 Å². The zero-order valence-corrected chi connectivity index (χ0v) is 15.7. The van der Waals surface area contributed by atoms with Gasteiger partial charge in [0, 0.05) is 5.39 Å². The van der Waals surface area contributed by atoms with E-state index in [1.165, 1.54) is 32.1 Å². The molecule has 1 saturated carbocycles. The fourth-order valence-electron chi connectivity index (χ4n) is 4.01. The maximum absolute atomic E-state index is 10.5. The number of aromatic nitrogens is 1. The van der Waals surface area contributed by atoms with Gasteiger partial charge in [-0.2, -0.15) is 0 Å². The normalized spacial score (nSPS) is 16.3. The lowest BCUT2D eigenvalue weighted by molar-refractivity contribution is 0.131. The first-order valence-corrected chi connectivity index (χ1v) is 10.0. The summed E-state index contributed by atoms with van der Waals surface area (Å²) in [5, 5.41) is 11.7. The molecular formula is C24H27NO2. The molecule has 3 nitrogen and oxygen atoms in total. The second-order valence-corrected chi connectivity index (χ2v) is 7.61. The van der Waals surface area contributed by atoms with E-state index < -0.39 is 0 Å². The highest BCUT2D eigenvalue weighted by atomic mass is 16.5. The molecule has 3 heteroatoms. The lowest BCUT2D eigenvalue weighted by atomic mass is 9.84. The molecule has 0 bridgehead atoms. The molecule has 0 spiro atoms. The van der Waals surface area contributed by atoms with Gasteiger partial charge in [-0.05, 0) is 42.2 Å². The third-order valence-corrected chi connectivity index (χ3v) is 5.59. The SMILES string of the molecule is OC(CC1CCCCC1)c1ccc(OCc2ccc3ccccc3n2)cc1. The molecule has 2 aromatic carbocycles. The highest BCUT2D eigenvalue weighted by molar-refractivity contribution is 5.78. The van der Waals surface area contributed by atoms with E-state index in [2.05, 4.69) is 17.1 Å². The van der Waals surface area contributed by atoms with Crippen LogP contribution in [-0.2, 0) is 6.61 Å². The topological polar surface area (TPSA) is 42.4 Å². The predicted octanol–water partition coefficient (Wildman–Crippen LogP) is 5.82. The smallest absolute Gasteiger partial charge is 0.130 e. The minimum absolute atomic E-state index is 0.371. The minimum Gasteiger partial charge on any atom is -0.487 e. The number of pyridine rings is 1. The van der Waals surface area contributed by atoms with Crippen LogP contribution in [0.3, 0.4) is 0 Å².